The molecule has 1 aromatic heterocycles. The smallest absolute Gasteiger partial charge is 0.334 e. The van der Waals surface area contributed by atoms with Crippen LogP contribution in [-0.4, -0.2) is 20.8 Å². The van der Waals surface area contributed by atoms with Crippen molar-refractivity contribution in [1.82, 2.24) is 15.4 Å². The van der Waals surface area contributed by atoms with Gasteiger partial charge in [0, 0.05) is 16.3 Å². The van der Waals surface area contributed by atoms with Crippen molar-refractivity contribution < 1.29 is 9.72 Å². The molecule has 0 spiro atoms. The molecule has 3 aromatic carbocycles. The van der Waals surface area contributed by atoms with E-state index in [0.717, 1.165) is 22.7 Å². The molecule has 4 rings (SSSR count). The molecule has 1 heterocycles. The van der Waals surface area contributed by atoms with E-state index in [1.807, 2.05) is 37.3 Å². The van der Waals surface area contributed by atoms with Gasteiger partial charge in [-0.25, -0.2) is 9.97 Å². The third-order valence-corrected chi connectivity index (χ3v) is 5.02. The van der Waals surface area contributed by atoms with Crippen molar-refractivity contribution in [3.05, 3.63) is 93.3 Å². The Balaban J connectivity index is 1.61. The minimum atomic E-state index is -0.630. The van der Waals surface area contributed by atoms with Crippen molar-refractivity contribution in [3.8, 4) is 0 Å². The molecule has 0 bridgehead atoms. The Kier molecular flexibility index (Phi) is 5.82. The second-order valence-electron chi connectivity index (χ2n) is 6.87. The highest BCUT2D eigenvalue weighted by molar-refractivity contribution is 6.30. The van der Waals surface area contributed by atoms with Crippen LogP contribution in [0, 0.1) is 17.0 Å². The zero-order valence-electron chi connectivity index (χ0n) is 16.8. The number of anilines is 3. The van der Waals surface area contributed by atoms with Gasteiger partial charge in [-0.05, 0) is 41.5 Å². The number of aryl methyl sites for hydroxylation is 1. The van der Waals surface area contributed by atoms with Gasteiger partial charge in [-0.3, -0.25) is 25.8 Å². The highest BCUT2D eigenvalue weighted by Crippen LogP contribution is 2.32. The molecule has 0 fully saturated rings. The van der Waals surface area contributed by atoms with Gasteiger partial charge in [-0.1, -0.05) is 54.1 Å². The summed E-state index contributed by atoms with van der Waals surface area (Å²) in [6.07, 6.45) is 1.15. The number of halogens is 1. The van der Waals surface area contributed by atoms with Crippen molar-refractivity contribution in [2.45, 2.75) is 6.92 Å². The Hall–Kier alpha value is -4.24. The molecule has 0 saturated heterocycles. The number of carbonyl (C=O) groups is 1. The number of benzene rings is 3. The molecule has 0 saturated carbocycles. The second-order valence-corrected chi connectivity index (χ2v) is 7.30. The van der Waals surface area contributed by atoms with E-state index < -0.39 is 16.5 Å². The number of aromatic nitrogens is 2. The largest absolute Gasteiger partial charge is 0.355 e. The lowest BCUT2D eigenvalue weighted by molar-refractivity contribution is -0.383. The van der Waals surface area contributed by atoms with Crippen molar-refractivity contribution in [2.75, 3.05) is 10.7 Å². The summed E-state index contributed by atoms with van der Waals surface area (Å²) in [6, 6.07) is 17.9. The van der Waals surface area contributed by atoms with Gasteiger partial charge < -0.3 is 5.32 Å². The van der Waals surface area contributed by atoms with Crippen LogP contribution >= 0.6 is 11.6 Å². The van der Waals surface area contributed by atoms with E-state index in [9.17, 15) is 14.9 Å². The minimum Gasteiger partial charge on any atom is -0.334 e. The number of hydrazine groups is 1. The van der Waals surface area contributed by atoms with E-state index in [4.69, 9.17) is 11.6 Å². The molecule has 0 aliphatic carbocycles. The van der Waals surface area contributed by atoms with E-state index in [1.54, 1.807) is 30.3 Å². The van der Waals surface area contributed by atoms with E-state index in [-0.39, 0.29) is 11.6 Å². The molecule has 3 N–H and O–H groups in total. The van der Waals surface area contributed by atoms with Crippen LogP contribution in [0.3, 0.4) is 0 Å². The Bertz CT molecular complexity index is 1340. The third kappa shape index (κ3) is 4.28. The summed E-state index contributed by atoms with van der Waals surface area (Å²) in [6.45, 7) is 1.83. The minimum absolute atomic E-state index is 0.0442. The Morgan fingerprint density at radius 3 is 2.59 bits per heavy atom. The summed E-state index contributed by atoms with van der Waals surface area (Å²) in [5.41, 5.74) is 6.40. The number of nitrogens with zero attached hydrogens (tertiary/aromatic N) is 3. The molecule has 0 atom stereocenters. The molecule has 0 aliphatic heterocycles. The lowest BCUT2D eigenvalue weighted by atomic mass is 10.0. The van der Waals surface area contributed by atoms with Crippen molar-refractivity contribution in [1.29, 1.82) is 0 Å². The first kappa shape index (κ1) is 21.0. The summed E-state index contributed by atoms with van der Waals surface area (Å²) in [7, 11) is 0. The fourth-order valence-corrected chi connectivity index (χ4v) is 3.37. The molecule has 160 valence electrons. The van der Waals surface area contributed by atoms with Gasteiger partial charge in [0.05, 0.1) is 4.92 Å². The van der Waals surface area contributed by atoms with Gasteiger partial charge >= 0.3 is 5.69 Å². The predicted octanol–water partition coefficient (Wildman–Crippen LogP) is 5.00. The van der Waals surface area contributed by atoms with Crippen LogP contribution in [0.15, 0.2) is 67.0 Å². The highest BCUT2D eigenvalue weighted by atomic mass is 35.5. The monoisotopic (exact) mass is 448 g/mol. The number of nitro groups is 1. The molecule has 4 aromatic rings. The van der Waals surface area contributed by atoms with E-state index >= 15 is 0 Å². The number of fused-ring (bicyclic) bond motifs is 1. The lowest BCUT2D eigenvalue weighted by Crippen LogP contribution is -2.30. The zero-order valence-corrected chi connectivity index (χ0v) is 17.6. The van der Waals surface area contributed by atoms with Gasteiger partial charge in [0.2, 0.25) is 11.6 Å². The maximum atomic E-state index is 12.8. The van der Waals surface area contributed by atoms with Gasteiger partial charge in [0.25, 0.3) is 5.91 Å². The average molecular weight is 449 g/mol. The topological polar surface area (TPSA) is 122 Å². The predicted molar refractivity (Wildman–Crippen MR) is 123 cm³/mol. The number of hydrogen-bond acceptors (Lipinski definition) is 7. The van der Waals surface area contributed by atoms with Crippen LogP contribution in [-0.2, 0) is 0 Å². The second kappa shape index (κ2) is 8.86. The maximum absolute atomic E-state index is 12.8. The summed E-state index contributed by atoms with van der Waals surface area (Å²) in [5, 5.41) is 16.8. The Labute approximate surface area is 187 Å². The molecule has 9 nitrogen and oxygen atoms in total. The fourth-order valence-electron chi connectivity index (χ4n) is 3.20. The zero-order chi connectivity index (χ0) is 22.7. The van der Waals surface area contributed by atoms with Crippen molar-refractivity contribution in [3.63, 3.8) is 0 Å². The molecule has 10 heteroatoms. The number of nitrogens with one attached hydrogen (secondary N) is 3. The third-order valence-electron chi connectivity index (χ3n) is 4.79. The van der Waals surface area contributed by atoms with Crippen molar-refractivity contribution in [2.24, 2.45) is 0 Å². The lowest BCUT2D eigenvalue weighted by Gasteiger charge is -2.13. The van der Waals surface area contributed by atoms with Crippen molar-refractivity contribution >= 4 is 51.3 Å². The van der Waals surface area contributed by atoms with Crippen LogP contribution < -0.4 is 16.2 Å². The number of rotatable bonds is 6. The van der Waals surface area contributed by atoms with Crippen LogP contribution in [0.5, 0.6) is 0 Å². The highest BCUT2D eigenvalue weighted by Gasteiger charge is 2.24. The molecule has 32 heavy (non-hydrogen) atoms. The van der Waals surface area contributed by atoms with Crippen LogP contribution in [0.4, 0.5) is 23.0 Å². The van der Waals surface area contributed by atoms with Gasteiger partial charge in [-0.2, -0.15) is 0 Å². The standard InChI is InChI=1S/C22H17ClN6O3/c1-13-9-10-15(23)11-18(13)26-20-19(29(31)32)21(25-12-24-20)27-28-22(30)17-8-4-6-14-5-2-3-7-16(14)17/h2-12H,1H3,(H,28,30)(H2,24,25,26,27). The first-order valence-electron chi connectivity index (χ1n) is 9.50. The normalized spacial score (nSPS) is 10.6. The van der Waals surface area contributed by atoms with Gasteiger partial charge in [0.15, 0.2) is 0 Å². The van der Waals surface area contributed by atoms with Crippen LogP contribution in [0.2, 0.25) is 5.02 Å². The molecule has 1 amide bonds. The molecule has 0 unspecified atom stereocenters. The molecular formula is C22H17ClN6O3. The molecular weight excluding hydrogens is 432 g/mol. The summed E-state index contributed by atoms with van der Waals surface area (Å²) in [5.74, 6) is -0.673. The fraction of sp³-hybridized carbons (Fsp3) is 0.0455. The first-order chi connectivity index (χ1) is 15.4. The SMILES string of the molecule is Cc1ccc(Cl)cc1Nc1ncnc(NNC(=O)c2cccc3ccccc23)c1[N+](=O)[O-]. The van der Waals surface area contributed by atoms with Gasteiger partial charge in [0.1, 0.15) is 6.33 Å². The Morgan fingerprint density at radius 2 is 1.78 bits per heavy atom. The molecule has 0 radical (unpaired) electrons. The first-order valence-corrected chi connectivity index (χ1v) is 9.88. The summed E-state index contributed by atoms with van der Waals surface area (Å²) >= 11 is 6.03. The summed E-state index contributed by atoms with van der Waals surface area (Å²) in [4.78, 5) is 31.8. The van der Waals surface area contributed by atoms with Gasteiger partial charge in [-0.15, -0.1) is 0 Å². The Morgan fingerprint density at radius 1 is 1.03 bits per heavy atom. The number of hydrogen-bond donors (Lipinski definition) is 3. The molecule has 0 aliphatic rings. The van der Waals surface area contributed by atoms with E-state index in [0.29, 0.717) is 16.3 Å². The summed E-state index contributed by atoms with van der Waals surface area (Å²) < 4.78 is 0. The van der Waals surface area contributed by atoms with Crippen LogP contribution in [0.1, 0.15) is 15.9 Å². The van der Waals surface area contributed by atoms with Crippen LogP contribution in [0.25, 0.3) is 10.8 Å². The number of amides is 1. The average Bonchev–Trinajstić information content (AvgIpc) is 2.79. The van der Waals surface area contributed by atoms with E-state index in [1.165, 1.54) is 0 Å². The maximum Gasteiger partial charge on any atom is 0.355 e. The number of carbonyl (C=O) groups excluding carboxylic acids is 1. The van der Waals surface area contributed by atoms with E-state index in [2.05, 4.69) is 26.1 Å². The quantitative estimate of drug-likeness (QED) is 0.280.